The lowest BCUT2D eigenvalue weighted by Gasteiger charge is -2.20. The zero-order valence-corrected chi connectivity index (χ0v) is 13.6. The van der Waals surface area contributed by atoms with Gasteiger partial charge in [0.25, 0.3) is 0 Å². The summed E-state index contributed by atoms with van der Waals surface area (Å²) in [6, 6.07) is 7.32. The highest BCUT2D eigenvalue weighted by molar-refractivity contribution is 7.99. The lowest BCUT2D eigenvalue weighted by Crippen LogP contribution is -2.45. The first-order valence-corrected chi connectivity index (χ1v) is 8.14. The van der Waals surface area contributed by atoms with Crippen molar-refractivity contribution in [2.24, 2.45) is 5.92 Å². The molecule has 21 heavy (non-hydrogen) atoms. The summed E-state index contributed by atoms with van der Waals surface area (Å²) in [6.07, 6.45) is 1.04. The van der Waals surface area contributed by atoms with Crippen LogP contribution in [0.5, 0.6) is 0 Å². The highest BCUT2D eigenvalue weighted by Gasteiger charge is 2.24. The van der Waals surface area contributed by atoms with E-state index < -0.39 is 12.0 Å². The fourth-order valence-electron chi connectivity index (χ4n) is 1.82. The van der Waals surface area contributed by atoms with Crippen LogP contribution in [0.25, 0.3) is 0 Å². The fraction of sp³-hybridized carbons (Fsp3) is 0.500. The molecule has 0 spiro atoms. The van der Waals surface area contributed by atoms with Crippen LogP contribution >= 0.6 is 11.8 Å². The molecule has 0 fully saturated rings. The van der Waals surface area contributed by atoms with Gasteiger partial charge in [-0.2, -0.15) is 0 Å². The highest BCUT2D eigenvalue weighted by Crippen LogP contribution is 2.19. The first kappa shape index (κ1) is 17.6. The summed E-state index contributed by atoms with van der Waals surface area (Å²) in [4.78, 5) is 24.1. The van der Waals surface area contributed by atoms with Crippen molar-refractivity contribution in [1.29, 1.82) is 0 Å². The third-order valence-electron chi connectivity index (χ3n) is 3.41. The second-order valence-corrected chi connectivity index (χ2v) is 6.35. The van der Waals surface area contributed by atoms with Gasteiger partial charge in [0.1, 0.15) is 6.04 Å². The van der Waals surface area contributed by atoms with Crippen molar-refractivity contribution >= 4 is 23.6 Å². The quantitative estimate of drug-likeness (QED) is 0.724. The van der Waals surface area contributed by atoms with Gasteiger partial charge in [0, 0.05) is 17.1 Å². The van der Waals surface area contributed by atoms with Crippen LogP contribution in [0.2, 0.25) is 0 Å². The monoisotopic (exact) mass is 309 g/mol. The molecule has 116 valence electrons. The fourth-order valence-corrected chi connectivity index (χ4v) is 2.68. The zero-order chi connectivity index (χ0) is 15.8. The van der Waals surface area contributed by atoms with Gasteiger partial charge in [0.05, 0.1) is 0 Å². The number of carboxylic acid groups (broad SMARTS) is 1. The van der Waals surface area contributed by atoms with Gasteiger partial charge in [-0.15, -0.1) is 11.8 Å². The Bertz CT molecular complexity index is 473. The van der Waals surface area contributed by atoms with Gasteiger partial charge in [-0.05, 0) is 25.0 Å². The van der Waals surface area contributed by atoms with Crippen molar-refractivity contribution in [3.63, 3.8) is 0 Å². The van der Waals surface area contributed by atoms with E-state index in [1.165, 1.54) is 5.56 Å². The Kier molecular flexibility index (Phi) is 7.29. The summed E-state index contributed by atoms with van der Waals surface area (Å²) >= 11 is 1.60. The molecular formula is C16H23NO3S. The van der Waals surface area contributed by atoms with E-state index in [9.17, 15) is 9.59 Å². The topological polar surface area (TPSA) is 66.4 Å². The Morgan fingerprint density at radius 1 is 1.29 bits per heavy atom. The number of carboxylic acids is 1. The molecule has 2 atom stereocenters. The molecule has 1 aromatic carbocycles. The summed E-state index contributed by atoms with van der Waals surface area (Å²) in [5, 5.41) is 11.7. The summed E-state index contributed by atoms with van der Waals surface area (Å²) in [7, 11) is 0. The lowest BCUT2D eigenvalue weighted by molar-refractivity contribution is -0.143. The molecule has 1 rings (SSSR count). The molecular weight excluding hydrogens is 286 g/mol. The summed E-state index contributed by atoms with van der Waals surface area (Å²) in [5.74, 6) is -0.607. The van der Waals surface area contributed by atoms with Gasteiger partial charge in [0.15, 0.2) is 0 Å². The molecule has 2 unspecified atom stereocenters. The Morgan fingerprint density at radius 3 is 2.43 bits per heavy atom. The third-order valence-corrected chi connectivity index (χ3v) is 4.43. The number of hydrogen-bond donors (Lipinski definition) is 2. The minimum Gasteiger partial charge on any atom is -0.480 e. The lowest BCUT2D eigenvalue weighted by atomic mass is 9.99. The summed E-state index contributed by atoms with van der Waals surface area (Å²) < 4.78 is 0. The van der Waals surface area contributed by atoms with Gasteiger partial charge in [-0.3, -0.25) is 4.79 Å². The SMILES string of the molecule is CCC(C)C(NC(=O)CCSc1ccc(C)cc1)C(=O)O. The molecule has 0 saturated heterocycles. The molecule has 0 heterocycles. The smallest absolute Gasteiger partial charge is 0.326 e. The Morgan fingerprint density at radius 2 is 1.90 bits per heavy atom. The van der Waals surface area contributed by atoms with Crippen molar-refractivity contribution in [2.75, 3.05) is 5.75 Å². The summed E-state index contributed by atoms with van der Waals surface area (Å²) in [5.41, 5.74) is 1.20. The summed E-state index contributed by atoms with van der Waals surface area (Å²) in [6.45, 7) is 5.78. The van der Waals surface area contributed by atoms with E-state index in [1.807, 2.05) is 45.0 Å². The van der Waals surface area contributed by atoms with Gasteiger partial charge in [-0.25, -0.2) is 4.79 Å². The number of amides is 1. The van der Waals surface area contributed by atoms with Crippen LogP contribution in [0.15, 0.2) is 29.2 Å². The number of rotatable bonds is 8. The highest BCUT2D eigenvalue weighted by atomic mass is 32.2. The maximum absolute atomic E-state index is 11.8. The molecule has 0 aromatic heterocycles. The van der Waals surface area contributed by atoms with Crippen LogP contribution in [0.3, 0.4) is 0 Å². The number of carbonyl (C=O) groups is 2. The second-order valence-electron chi connectivity index (χ2n) is 5.18. The molecule has 0 aliphatic heterocycles. The van der Waals surface area contributed by atoms with E-state index in [0.717, 1.165) is 11.3 Å². The number of benzene rings is 1. The maximum atomic E-state index is 11.8. The Labute approximate surface area is 130 Å². The van der Waals surface area contributed by atoms with Crippen molar-refractivity contribution in [1.82, 2.24) is 5.32 Å². The van der Waals surface area contributed by atoms with Crippen LogP contribution in [0, 0.1) is 12.8 Å². The van der Waals surface area contributed by atoms with E-state index in [1.54, 1.807) is 11.8 Å². The van der Waals surface area contributed by atoms with Crippen LogP contribution in [0.4, 0.5) is 0 Å². The van der Waals surface area contributed by atoms with Crippen molar-refractivity contribution < 1.29 is 14.7 Å². The van der Waals surface area contributed by atoms with E-state index in [0.29, 0.717) is 12.2 Å². The van der Waals surface area contributed by atoms with Gasteiger partial charge < -0.3 is 10.4 Å². The van der Waals surface area contributed by atoms with Crippen molar-refractivity contribution in [3.8, 4) is 0 Å². The number of aliphatic carboxylic acids is 1. The average molecular weight is 309 g/mol. The minimum atomic E-state index is -0.969. The number of aryl methyl sites for hydroxylation is 1. The first-order chi connectivity index (χ1) is 9.93. The second kappa shape index (κ2) is 8.72. The van der Waals surface area contributed by atoms with Gasteiger partial charge in [0.2, 0.25) is 5.91 Å². The molecule has 4 nitrogen and oxygen atoms in total. The molecule has 5 heteroatoms. The molecule has 1 amide bonds. The number of hydrogen-bond acceptors (Lipinski definition) is 3. The molecule has 2 N–H and O–H groups in total. The van der Waals surface area contributed by atoms with Gasteiger partial charge >= 0.3 is 5.97 Å². The van der Waals surface area contributed by atoms with E-state index >= 15 is 0 Å². The van der Waals surface area contributed by atoms with Gasteiger partial charge in [-0.1, -0.05) is 38.0 Å². The first-order valence-electron chi connectivity index (χ1n) is 7.15. The normalized spacial score (nSPS) is 13.5. The molecule has 0 radical (unpaired) electrons. The standard InChI is InChI=1S/C16H23NO3S/c1-4-12(3)15(16(19)20)17-14(18)9-10-21-13-7-5-11(2)6-8-13/h5-8,12,15H,4,9-10H2,1-3H3,(H,17,18)(H,19,20). The van der Waals surface area contributed by atoms with Crippen LogP contribution < -0.4 is 5.32 Å². The van der Waals surface area contributed by atoms with E-state index in [-0.39, 0.29) is 11.8 Å². The maximum Gasteiger partial charge on any atom is 0.326 e. The average Bonchev–Trinajstić information content (AvgIpc) is 2.45. The van der Waals surface area contributed by atoms with E-state index in [4.69, 9.17) is 5.11 Å². The Balaban J connectivity index is 2.39. The third kappa shape index (κ3) is 6.21. The molecule has 0 saturated carbocycles. The number of carbonyl (C=O) groups excluding carboxylic acids is 1. The van der Waals surface area contributed by atoms with Crippen LogP contribution in [-0.4, -0.2) is 28.8 Å². The van der Waals surface area contributed by atoms with E-state index in [2.05, 4.69) is 5.32 Å². The van der Waals surface area contributed by atoms with Crippen LogP contribution in [-0.2, 0) is 9.59 Å². The predicted octanol–water partition coefficient (Wildman–Crippen LogP) is 3.09. The van der Waals surface area contributed by atoms with Crippen molar-refractivity contribution in [2.45, 2.75) is 44.6 Å². The molecule has 0 aliphatic carbocycles. The molecule has 0 bridgehead atoms. The number of thioether (sulfide) groups is 1. The molecule has 1 aromatic rings. The Hall–Kier alpha value is -1.49. The largest absolute Gasteiger partial charge is 0.480 e. The number of nitrogens with one attached hydrogen (secondary N) is 1. The minimum absolute atomic E-state index is 0.0730. The predicted molar refractivity (Wildman–Crippen MR) is 85.5 cm³/mol. The van der Waals surface area contributed by atoms with Crippen molar-refractivity contribution in [3.05, 3.63) is 29.8 Å². The van der Waals surface area contributed by atoms with Crippen LogP contribution in [0.1, 0.15) is 32.3 Å². The molecule has 0 aliphatic rings. The zero-order valence-electron chi connectivity index (χ0n) is 12.8.